The Labute approximate surface area is 189 Å². The minimum absolute atomic E-state index is 0.00788. The van der Waals surface area contributed by atoms with Gasteiger partial charge in [0.25, 0.3) is 5.91 Å². The fourth-order valence-corrected chi connectivity index (χ4v) is 5.32. The number of carbonyl (C=O) groups is 2. The Morgan fingerprint density at radius 1 is 1.09 bits per heavy atom. The number of methoxy groups -OCH3 is 1. The van der Waals surface area contributed by atoms with E-state index in [9.17, 15) is 18.0 Å². The van der Waals surface area contributed by atoms with Crippen molar-refractivity contribution in [1.29, 1.82) is 0 Å². The minimum Gasteiger partial charge on any atom is -0.497 e. The summed E-state index contributed by atoms with van der Waals surface area (Å²) in [6.45, 7) is 6.22. The molecule has 1 heterocycles. The van der Waals surface area contributed by atoms with Crippen LogP contribution in [0.15, 0.2) is 48.5 Å². The van der Waals surface area contributed by atoms with Crippen molar-refractivity contribution in [3.05, 3.63) is 59.7 Å². The first-order chi connectivity index (χ1) is 15.3. The Bertz CT molecular complexity index is 1050. The molecule has 2 amide bonds. The molecule has 0 bridgehead atoms. The van der Waals surface area contributed by atoms with Gasteiger partial charge < -0.3 is 10.1 Å². The second-order valence-corrected chi connectivity index (χ2v) is 9.43. The monoisotopic (exact) mass is 459 g/mol. The average Bonchev–Trinajstić information content (AvgIpc) is 3.08. The van der Waals surface area contributed by atoms with Crippen LogP contribution in [-0.2, 0) is 14.8 Å². The third-order valence-corrected chi connectivity index (χ3v) is 7.34. The zero-order chi connectivity index (χ0) is 23.3. The van der Waals surface area contributed by atoms with Crippen molar-refractivity contribution in [3.8, 4) is 5.75 Å². The Balaban J connectivity index is 1.72. The lowest BCUT2D eigenvalue weighted by Crippen LogP contribution is -2.38. The smallest absolute Gasteiger partial charge is 0.251 e. The molecule has 1 aliphatic rings. The van der Waals surface area contributed by atoms with Gasteiger partial charge in [-0.3, -0.25) is 14.5 Å². The van der Waals surface area contributed by atoms with E-state index in [2.05, 4.69) is 24.1 Å². The summed E-state index contributed by atoms with van der Waals surface area (Å²) in [7, 11) is -2.00. The molecule has 1 saturated heterocycles. The predicted molar refractivity (Wildman–Crippen MR) is 123 cm³/mol. The summed E-state index contributed by atoms with van der Waals surface area (Å²) in [5.41, 5.74) is 1.72. The molecule has 1 fully saturated rings. The van der Waals surface area contributed by atoms with Gasteiger partial charge in [0.15, 0.2) is 0 Å². The third kappa shape index (κ3) is 5.11. The van der Waals surface area contributed by atoms with Crippen molar-refractivity contribution in [2.24, 2.45) is 0 Å². The van der Waals surface area contributed by atoms with E-state index in [0.717, 1.165) is 28.7 Å². The largest absolute Gasteiger partial charge is 0.497 e. The number of hydrogen-bond donors (Lipinski definition) is 1. The van der Waals surface area contributed by atoms with E-state index >= 15 is 0 Å². The quantitative estimate of drug-likeness (QED) is 0.619. The lowest BCUT2D eigenvalue weighted by molar-refractivity contribution is -0.116. The molecule has 1 atom stereocenters. The SMILES string of the molecule is CCN(CC)C(CNC(=O)c1ccc(N2C(=O)CCS2(=O)=O)cc1)c1ccc(OC)cc1. The van der Waals surface area contributed by atoms with Gasteiger partial charge in [0.05, 0.1) is 24.6 Å². The van der Waals surface area contributed by atoms with Gasteiger partial charge in [-0.15, -0.1) is 0 Å². The second-order valence-electron chi connectivity index (χ2n) is 7.49. The lowest BCUT2D eigenvalue weighted by atomic mass is 10.0. The van der Waals surface area contributed by atoms with Crippen molar-refractivity contribution in [1.82, 2.24) is 10.2 Å². The third-order valence-electron chi connectivity index (χ3n) is 5.65. The zero-order valence-corrected chi connectivity index (χ0v) is 19.4. The fourth-order valence-electron chi connectivity index (χ4n) is 3.86. The summed E-state index contributed by atoms with van der Waals surface area (Å²) >= 11 is 0. The maximum absolute atomic E-state index is 12.8. The number of rotatable bonds is 9. The number of anilines is 1. The van der Waals surface area contributed by atoms with E-state index in [1.54, 1.807) is 7.11 Å². The minimum atomic E-state index is -3.63. The van der Waals surface area contributed by atoms with Gasteiger partial charge in [0.2, 0.25) is 15.9 Å². The molecule has 0 aliphatic carbocycles. The van der Waals surface area contributed by atoms with Crippen LogP contribution in [0.4, 0.5) is 5.69 Å². The van der Waals surface area contributed by atoms with E-state index in [1.165, 1.54) is 24.3 Å². The first-order valence-corrected chi connectivity index (χ1v) is 12.2. The van der Waals surface area contributed by atoms with Gasteiger partial charge in [-0.1, -0.05) is 26.0 Å². The number of sulfonamides is 1. The number of likely N-dealkylation sites (N-methyl/N-ethyl adjacent to an activating group) is 1. The molecule has 172 valence electrons. The highest BCUT2D eigenvalue weighted by Gasteiger charge is 2.36. The summed E-state index contributed by atoms with van der Waals surface area (Å²) in [4.78, 5) is 27.0. The van der Waals surface area contributed by atoms with Crippen LogP contribution >= 0.6 is 0 Å². The predicted octanol–water partition coefficient (Wildman–Crippen LogP) is 2.57. The van der Waals surface area contributed by atoms with Gasteiger partial charge >= 0.3 is 0 Å². The first-order valence-electron chi connectivity index (χ1n) is 10.6. The lowest BCUT2D eigenvalue weighted by Gasteiger charge is -2.30. The van der Waals surface area contributed by atoms with E-state index < -0.39 is 15.9 Å². The van der Waals surface area contributed by atoms with Crippen LogP contribution in [0.3, 0.4) is 0 Å². The fraction of sp³-hybridized carbons (Fsp3) is 0.391. The maximum Gasteiger partial charge on any atom is 0.251 e. The molecule has 1 N–H and O–H groups in total. The van der Waals surface area contributed by atoms with Gasteiger partial charge in [0, 0.05) is 18.5 Å². The van der Waals surface area contributed by atoms with Crippen LogP contribution in [-0.4, -0.2) is 57.6 Å². The summed E-state index contributed by atoms with van der Waals surface area (Å²) < 4.78 is 30.2. The number of nitrogens with zero attached hydrogens (tertiary/aromatic N) is 2. The van der Waals surface area contributed by atoms with Gasteiger partial charge in [-0.2, -0.15) is 0 Å². The summed E-state index contributed by atoms with van der Waals surface area (Å²) in [6.07, 6.45) is -0.0251. The summed E-state index contributed by atoms with van der Waals surface area (Å²) in [5, 5.41) is 2.98. The summed E-state index contributed by atoms with van der Waals surface area (Å²) in [5.74, 6) is -0.136. The van der Waals surface area contributed by atoms with Crippen LogP contribution in [0.1, 0.15) is 42.2 Å². The van der Waals surface area contributed by atoms with Crippen LogP contribution in [0, 0.1) is 0 Å². The van der Waals surface area contributed by atoms with Crippen molar-refractivity contribution in [2.75, 3.05) is 36.8 Å². The molecule has 32 heavy (non-hydrogen) atoms. The molecule has 1 unspecified atom stereocenters. The number of carbonyl (C=O) groups excluding carboxylic acids is 2. The molecule has 1 aliphatic heterocycles. The van der Waals surface area contributed by atoms with E-state index in [4.69, 9.17) is 4.74 Å². The molecule has 2 aromatic rings. The molecule has 8 nitrogen and oxygen atoms in total. The second kappa shape index (κ2) is 10.1. The van der Waals surface area contributed by atoms with Crippen molar-refractivity contribution in [3.63, 3.8) is 0 Å². The summed E-state index contributed by atoms with van der Waals surface area (Å²) in [6, 6.07) is 13.8. The molecule has 0 aromatic heterocycles. The van der Waals surface area contributed by atoms with Crippen LogP contribution < -0.4 is 14.4 Å². The number of nitrogens with one attached hydrogen (secondary N) is 1. The van der Waals surface area contributed by atoms with Crippen LogP contribution in [0.5, 0.6) is 5.75 Å². The Morgan fingerprint density at radius 2 is 1.72 bits per heavy atom. The topological polar surface area (TPSA) is 96.0 Å². The molecular weight excluding hydrogens is 430 g/mol. The van der Waals surface area contributed by atoms with Crippen LogP contribution in [0.25, 0.3) is 0 Å². The highest BCUT2D eigenvalue weighted by molar-refractivity contribution is 7.94. The highest BCUT2D eigenvalue weighted by atomic mass is 32.2. The van der Waals surface area contributed by atoms with Gasteiger partial charge in [-0.05, 0) is 55.1 Å². The van der Waals surface area contributed by atoms with Crippen molar-refractivity contribution >= 4 is 27.5 Å². The van der Waals surface area contributed by atoms with Gasteiger partial charge in [0.1, 0.15) is 5.75 Å². The molecule has 0 saturated carbocycles. The Hall–Kier alpha value is -2.91. The average molecular weight is 460 g/mol. The highest BCUT2D eigenvalue weighted by Crippen LogP contribution is 2.26. The maximum atomic E-state index is 12.8. The molecule has 0 spiro atoms. The molecule has 3 rings (SSSR count). The van der Waals surface area contributed by atoms with E-state index in [0.29, 0.717) is 12.1 Å². The van der Waals surface area contributed by atoms with Crippen LogP contribution in [0.2, 0.25) is 0 Å². The molecule has 0 radical (unpaired) electrons. The zero-order valence-electron chi connectivity index (χ0n) is 18.6. The molecule has 9 heteroatoms. The van der Waals surface area contributed by atoms with Gasteiger partial charge in [-0.25, -0.2) is 12.7 Å². The Morgan fingerprint density at radius 3 is 2.22 bits per heavy atom. The number of benzene rings is 2. The van der Waals surface area contributed by atoms with Crippen molar-refractivity contribution in [2.45, 2.75) is 26.3 Å². The standard InChI is InChI=1S/C23H29N3O5S/c1-4-25(5-2)21(17-8-12-20(31-3)13-9-17)16-24-23(28)18-6-10-19(11-7-18)26-22(27)14-15-32(26,29)30/h6-13,21H,4-5,14-16H2,1-3H3,(H,24,28). The Kier molecular flexibility index (Phi) is 7.52. The molecular formula is C23H29N3O5S. The number of amides is 2. The number of ether oxygens (including phenoxy) is 1. The normalized spacial score (nSPS) is 16.2. The number of hydrogen-bond acceptors (Lipinski definition) is 6. The van der Waals surface area contributed by atoms with Crippen molar-refractivity contribution < 1.29 is 22.7 Å². The molecule has 2 aromatic carbocycles. The van der Waals surface area contributed by atoms with E-state index in [-0.39, 0.29) is 29.8 Å². The van der Waals surface area contributed by atoms with E-state index in [1.807, 2.05) is 24.3 Å². The first kappa shape index (κ1) is 23.7.